The fraction of sp³-hybridized carbons (Fsp3) is 0.227. The van der Waals surface area contributed by atoms with Gasteiger partial charge in [-0.15, -0.1) is 0 Å². The molecule has 3 aromatic heterocycles. The average Bonchev–Trinajstić information content (AvgIpc) is 2.74. The van der Waals surface area contributed by atoms with E-state index in [0.29, 0.717) is 30.2 Å². The van der Waals surface area contributed by atoms with Gasteiger partial charge in [0.25, 0.3) is 0 Å². The van der Waals surface area contributed by atoms with Gasteiger partial charge in [-0.05, 0) is 32.1 Å². The summed E-state index contributed by atoms with van der Waals surface area (Å²) >= 11 is 6.32. The van der Waals surface area contributed by atoms with Gasteiger partial charge in [0.05, 0.1) is 25.0 Å². The van der Waals surface area contributed by atoms with Crippen LogP contribution in [0.25, 0.3) is 6.08 Å². The summed E-state index contributed by atoms with van der Waals surface area (Å²) < 4.78 is 5.53. The molecule has 0 fully saturated rings. The summed E-state index contributed by atoms with van der Waals surface area (Å²) in [6.45, 7) is 4.58. The van der Waals surface area contributed by atoms with Gasteiger partial charge < -0.3 is 15.4 Å². The molecule has 8 nitrogen and oxygen atoms in total. The molecule has 0 aromatic carbocycles. The van der Waals surface area contributed by atoms with Crippen LogP contribution in [0.15, 0.2) is 36.2 Å². The molecule has 0 atom stereocenters. The van der Waals surface area contributed by atoms with Crippen molar-refractivity contribution in [2.75, 3.05) is 24.3 Å². The SMILES string of the molecule is COc1c(C)cnc(CN2C/C(=C\c3ccccn3)C(=O)c3c(Cl)nc(N)nc32)c1C. The van der Waals surface area contributed by atoms with Gasteiger partial charge in [0.2, 0.25) is 5.95 Å². The molecule has 31 heavy (non-hydrogen) atoms. The fourth-order valence-corrected chi connectivity index (χ4v) is 3.93. The Hall–Kier alpha value is -3.52. The van der Waals surface area contributed by atoms with Crippen LogP contribution in [0.3, 0.4) is 0 Å². The van der Waals surface area contributed by atoms with Crippen LogP contribution in [-0.2, 0) is 6.54 Å². The van der Waals surface area contributed by atoms with E-state index >= 15 is 0 Å². The van der Waals surface area contributed by atoms with E-state index in [1.165, 1.54) is 0 Å². The molecule has 0 unspecified atom stereocenters. The van der Waals surface area contributed by atoms with E-state index in [1.807, 2.05) is 36.9 Å². The number of aryl methyl sites for hydroxylation is 1. The Morgan fingerprint density at radius 1 is 1.26 bits per heavy atom. The van der Waals surface area contributed by atoms with E-state index in [4.69, 9.17) is 22.1 Å². The molecule has 1 aliphatic heterocycles. The van der Waals surface area contributed by atoms with E-state index in [1.54, 1.807) is 25.6 Å². The number of fused-ring (bicyclic) bond motifs is 1. The second-order valence-electron chi connectivity index (χ2n) is 7.23. The smallest absolute Gasteiger partial charge is 0.223 e. The van der Waals surface area contributed by atoms with Gasteiger partial charge in [-0.3, -0.25) is 14.8 Å². The highest BCUT2D eigenvalue weighted by atomic mass is 35.5. The Bertz CT molecular complexity index is 1200. The molecule has 0 spiro atoms. The highest BCUT2D eigenvalue weighted by molar-refractivity contribution is 6.35. The van der Waals surface area contributed by atoms with Crippen molar-refractivity contribution < 1.29 is 9.53 Å². The first-order valence-electron chi connectivity index (χ1n) is 9.62. The number of nitrogen functional groups attached to an aromatic ring is 1. The van der Waals surface area contributed by atoms with E-state index in [-0.39, 0.29) is 22.4 Å². The second-order valence-corrected chi connectivity index (χ2v) is 7.58. The summed E-state index contributed by atoms with van der Waals surface area (Å²) in [5, 5.41) is 0.0234. The molecular weight excluding hydrogens is 416 g/mol. The fourth-order valence-electron chi connectivity index (χ4n) is 3.67. The van der Waals surface area contributed by atoms with Gasteiger partial charge in [-0.1, -0.05) is 17.7 Å². The van der Waals surface area contributed by atoms with Crippen molar-refractivity contribution in [2.24, 2.45) is 0 Å². The van der Waals surface area contributed by atoms with Crippen LogP contribution in [0, 0.1) is 13.8 Å². The van der Waals surface area contributed by atoms with Crippen LogP contribution >= 0.6 is 11.6 Å². The number of carbonyl (C=O) groups is 1. The molecular formula is C22H21ClN6O2. The van der Waals surface area contributed by atoms with E-state index in [2.05, 4.69) is 19.9 Å². The minimum Gasteiger partial charge on any atom is -0.496 e. The van der Waals surface area contributed by atoms with Gasteiger partial charge in [0.1, 0.15) is 22.3 Å². The first-order valence-corrected chi connectivity index (χ1v) is 10.00. The van der Waals surface area contributed by atoms with Gasteiger partial charge in [0.15, 0.2) is 5.78 Å². The van der Waals surface area contributed by atoms with Crippen LogP contribution in [0.1, 0.15) is 32.9 Å². The number of ether oxygens (including phenoxy) is 1. The predicted molar refractivity (Wildman–Crippen MR) is 119 cm³/mol. The Morgan fingerprint density at radius 2 is 2.06 bits per heavy atom. The number of carbonyl (C=O) groups excluding carboxylic acids is 1. The molecule has 0 radical (unpaired) electrons. The van der Waals surface area contributed by atoms with Crippen molar-refractivity contribution in [3.8, 4) is 5.75 Å². The monoisotopic (exact) mass is 436 g/mol. The van der Waals surface area contributed by atoms with Crippen molar-refractivity contribution in [1.82, 2.24) is 19.9 Å². The number of Topliss-reactive ketones (excluding diaryl/α,β-unsaturated/α-hetero) is 1. The Balaban J connectivity index is 1.81. The molecule has 0 amide bonds. The van der Waals surface area contributed by atoms with Gasteiger partial charge in [-0.25, -0.2) is 4.98 Å². The molecule has 2 N–H and O–H groups in total. The largest absolute Gasteiger partial charge is 0.496 e. The topological polar surface area (TPSA) is 107 Å². The number of nitrogens with two attached hydrogens (primary N) is 1. The third-order valence-corrected chi connectivity index (χ3v) is 5.42. The van der Waals surface area contributed by atoms with Crippen LogP contribution in [0.2, 0.25) is 5.15 Å². The van der Waals surface area contributed by atoms with Crippen molar-refractivity contribution in [1.29, 1.82) is 0 Å². The summed E-state index contributed by atoms with van der Waals surface area (Å²) in [5.74, 6) is 0.933. The first kappa shape index (κ1) is 20.7. The normalized spacial score (nSPS) is 14.6. The van der Waals surface area contributed by atoms with Crippen molar-refractivity contribution in [3.63, 3.8) is 0 Å². The lowest BCUT2D eigenvalue weighted by Gasteiger charge is -2.31. The molecule has 158 valence electrons. The highest BCUT2D eigenvalue weighted by Crippen LogP contribution is 2.35. The maximum absolute atomic E-state index is 13.2. The number of pyridine rings is 2. The van der Waals surface area contributed by atoms with Crippen LogP contribution < -0.4 is 15.4 Å². The van der Waals surface area contributed by atoms with Crippen LogP contribution in [0.4, 0.5) is 11.8 Å². The molecule has 0 saturated carbocycles. The van der Waals surface area contributed by atoms with Gasteiger partial charge >= 0.3 is 0 Å². The molecule has 0 bridgehead atoms. The Kier molecular flexibility index (Phi) is 5.56. The number of methoxy groups -OCH3 is 1. The minimum atomic E-state index is -0.243. The molecule has 0 aliphatic carbocycles. The van der Waals surface area contributed by atoms with Crippen molar-refractivity contribution in [3.05, 3.63) is 69.4 Å². The number of hydrogen-bond donors (Lipinski definition) is 1. The highest BCUT2D eigenvalue weighted by Gasteiger charge is 2.33. The number of nitrogens with zero attached hydrogens (tertiary/aromatic N) is 5. The van der Waals surface area contributed by atoms with Crippen molar-refractivity contribution in [2.45, 2.75) is 20.4 Å². The number of aromatic nitrogens is 4. The molecule has 9 heteroatoms. The predicted octanol–water partition coefficient (Wildman–Crippen LogP) is 3.41. The zero-order valence-corrected chi connectivity index (χ0v) is 18.1. The molecule has 4 heterocycles. The number of hydrogen-bond acceptors (Lipinski definition) is 8. The lowest BCUT2D eigenvalue weighted by molar-refractivity contribution is 0.103. The molecule has 4 rings (SSSR count). The zero-order valence-electron chi connectivity index (χ0n) is 17.4. The third kappa shape index (κ3) is 3.94. The van der Waals surface area contributed by atoms with E-state index in [0.717, 1.165) is 22.6 Å². The number of anilines is 2. The standard InChI is InChI=1S/C22H21ClN6O2/c1-12-9-26-16(13(2)19(12)31-3)11-29-10-14(8-15-6-4-5-7-25-15)18(30)17-20(23)27-22(24)28-21(17)29/h4-9H,10-11H2,1-3H3,(H2,24,27,28)/b14-8+. The third-order valence-electron chi connectivity index (χ3n) is 5.14. The maximum Gasteiger partial charge on any atom is 0.223 e. The summed E-state index contributed by atoms with van der Waals surface area (Å²) in [6.07, 6.45) is 5.19. The minimum absolute atomic E-state index is 0.00451. The summed E-state index contributed by atoms with van der Waals surface area (Å²) in [4.78, 5) is 32.3. The Labute approximate surface area is 184 Å². The number of halogens is 1. The first-order chi connectivity index (χ1) is 14.9. The number of rotatable bonds is 4. The lowest BCUT2D eigenvalue weighted by Crippen LogP contribution is -2.35. The quantitative estimate of drug-likeness (QED) is 0.489. The summed E-state index contributed by atoms with van der Waals surface area (Å²) in [5.41, 5.74) is 9.92. The van der Waals surface area contributed by atoms with Gasteiger partial charge in [-0.2, -0.15) is 4.98 Å². The molecule has 1 aliphatic rings. The number of ketones is 1. The van der Waals surface area contributed by atoms with Crippen molar-refractivity contribution >= 4 is 35.2 Å². The maximum atomic E-state index is 13.2. The van der Waals surface area contributed by atoms with Crippen LogP contribution in [-0.4, -0.2) is 39.4 Å². The Morgan fingerprint density at radius 3 is 2.77 bits per heavy atom. The van der Waals surface area contributed by atoms with E-state index < -0.39 is 0 Å². The molecule has 0 saturated heterocycles. The van der Waals surface area contributed by atoms with E-state index in [9.17, 15) is 4.79 Å². The van der Waals surface area contributed by atoms with Crippen LogP contribution in [0.5, 0.6) is 5.75 Å². The average molecular weight is 437 g/mol. The molecule has 3 aromatic rings. The van der Waals surface area contributed by atoms with Gasteiger partial charge in [0, 0.05) is 35.6 Å². The zero-order chi connectivity index (χ0) is 22.1. The summed E-state index contributed by atoms with van der Waals surface area (Å²) in [6, 6.07) is 5.51. The second kappa shape index (κ2) is 8.31. The summed E-state index contributed by atoms with van der Waals surface area (Å²) in [7, 11) is 1.63. The lowest BCUT2D eigenvalue weighted by atomic mass is 9.98.